The third-order valence-corrected chi connectivity index (χ3v) is 4.88. The molecular formula is C19H15ClN2O3S. The maximum absolute atomic E-state index is 12.4. The Hall–Kier alpha value is -2.57. The molecule has 1 saturated heterocycles. The molecule has 2 aromatic rings. The topological polar surface area (TPSA) is 66.5 Å². The molecule has 0 saturated carbocycles. The second-order valence-corrected chi connectivity index (χ2v) is 7.12. The molecule has 1 aliphatic rings. The average molecular weight is 387 g/mol. The van der Waals surface area contributed by atoms with Gasteiger partial charge in [-0.25, -0.2) is 0 Å². The van der Waals surface area contributed by atoms with Crippen molar-refractivity contribution in [3.05, 3.63) is 69.6 Å². The smallest absolute Gasteiger partial charge is 0.294 e. The van der Waals surface area contributed by atoms with Gasteiger partial charge < -0.3 is 5.32 Å². The van der Waals surface area contributed by atoms with Gasteiger partial charge in [-0.2, -0.15) is 0 Å². The van der Waals surface area contributed by atoms with Gasteiger partial charge in [0.25, 0.3) is 11.1 Å². The van der Waals surface area contributed by atoms with E-state index in [2.05, 4.69) is 5.32 Å². The third kappa shape index (κ3) is 4.15. The molecule has 26 heavy (non-hydrogen) atoms. The van der Waals surface area contributed by atoms with Gasteiger partial charge in [-0.1, -0.05) is 41.9 Å². The highest BCUT2D eigenvalue weighted by molar-refractivity contribution is 8.18. The van der Waals surface area contributed by atoms with Crippen molar-refractivity contribution in [2.75, 3.05) is 11.9 Å². The molecule has 1 N–H and O–H groups in total. The van der Waals surface area contributed by atoms with Crippen LogP contribution in [0, 0.1) is 6.92 Å². The van der Waals surface area contributed by atoms with E-state index in [-0.39, 0.29) is 6.54 Å². The Balaban J connectivity index is 1.69. The van der Waals surface area contributed by atoms with E-state index in [4.69, 9.17) is 11.6 Å². The molecule has 5 nitrogen and oxygen atoms in total. The Morgan fingerprint density at radius 1 is 1.19 bits per heavy atom. The monoisotopic (exact) mass is 386 g/mol. The van der Waals surface area contributed by atoms with Gasteiger partial charge in [0.15, 0.2) is 0 Å². The number of aryl methyl sites for hydroxylation is 1. The van der Waals surface area contributed by atoms with Crippen molar-refractivity contribution >= 4 is 52.2 Å². The second kappa shape index (κ2) is 7.76. The Labute approximate surface area is 160 Å². The summed E-state index contributed by atoms with van der Waals surface area (Å²) in [5, 5.41) is 2.81. The lowest BCUT2D eigenvalue weighted by molar-refractivity contribution is -0.127. The molecule has 1 fully saturated rings. The van der Waals surface area contributed by atoms with E-state index < -0.39 is 17.1 Å². The van der Waals surface area contributed by atoms with Crippen LogP contribution in [0.1, 0.15) is 11.1 Å². The van der Waals surface area contributed by atoms with Crippen LogP contribution in [-0.2, 0) is 9.59 Å². The minimum absolute atomic E-state index is 0.302. The van der Waals surface area contributed by atoms with Crippen LogP contribution in [0.4, 0.5) is 10.5 Å². The zero-order chi connectivity index (χ0) is 18.7. The quantitative estimate of drug-likeness (QED) is 0.794. The normalized spacial score (nSPS) is 15.6. The summed E-state index contributed by atoms with van der Waals surface area (Å²) in [6, 6.07) is 14.3. The molecule has 0 unspecified atom stereocenters. The molecule has 3 rings (SSSR count). The summed E-state index contributed by atoms with van der Waals surface area (Å²) < 4.78 is 0. The van der Waals surface area contributed by atoms with Crippen molar-refractivity contribution in [3.8, 4) is 0 Å². The van der Waals surface area contributed by atoms with E-state index in [1.165, 1.54) is 0 Å². The first kappa shape index (κ1) is 18.2. The molecule has 0 atom stereocenters. The van der Waals surface area contributed by atoms with Gasteiger partial charge in [-0.15, -0.1) is 0 Å². The number of benzene rings is 2. The number of hydrogen-bond donors (Lipinski definition) is 1. The Bertz CT molecular complexity index is 912. The predicted octanol–water partition coefficient (Wildman–Crippen LogP) is 4.32. The van der Waals surface area contributed by atoms with Crippen LogP contribution in [-0.4, -0.2) is 28.5 Å². The number of anilines is 1. The van der Waals surface area contributed by atoms with Crippen molar-refractivity contribution in [1.29, 1.82) is 0 Å². The van der Waals surface area contributed by atoms with Crippen LogP contribution < -0.4 is 5.32 Å². The van der Waals surface area contributed by atoms with Gasteiger partial charge in [0.2, 0.25) is 5.91 Å². The van der Waals surface area contributed by atoms with Crippen LogP contribution in [0.15, 0.2) is 53.4 Å². The molecule has 7 heteroatoms. The molecule has 0 aromatic heterocycles. The lowest BCUT2D eigenvalue weighted by atomic mass is 10.2. The third-order valence-electron chi connectivity index (χ3n) is 3.74. The summed E-state index contributed by atoms with van der Waals surface area (Å²) in [6.45, 7) is 1.48. The van der Waals surface area contributed by atoms with Crippen molar-refractivity contribution in [2.45, 2.75) is 6.92 Å². The number of rotatable bonds is 4. The van der Waals surface area contributed by atoms with Crippen LogP contribution in [0.25, 0.3) is 6.08 Å². The van der Waals surface area contributed by atoms with Gasteiger partial charge in [0.05, 0.1) is 4.91 Å². The highest BCUT2D eigenvalue weighted by atomic mass is 35.5. The fraction of sp³-hybridized carbons (Fsp3) is 0.105. The molecule has 3 amide bonds. The number of nitrogens with one attached hydrogen (secondary N) is 1. The predicted molar refractivity (Wildman–Crippen MR) is 104 cm³/mol. The number of carbonyl (C=O) groups excluding carboxylic acids is 3. The average Bonchev–Trinajstić information content (AvgIpc) is 2.86. The van der Waals surface area contributed by atoms with Gasteiger partial charge >= 0.3 is 0 Å². The van der Waals surface area contributed by atoms with Gasteiger partial charge in [-0.3, -0.25) is 19.3 Å². The fourth-order valence-electron chi connectivity index (χ4n) is 2.44. The fourth-order valence-corrected chi connectivity index (χ4v) is 3.50. The zero-order valence-electron chi connectivity index (χ0n) is 13.9. The lowest BCUT2D eigenvalue weighted by Crippen LogP contribution is -2.36. The molecule has 0 bridgehead atoms. The van der Waals surface area contributed by atoms with E-state index in [9.17, 15) is 14.4 Å². The number of nitrogens with zero attached hydrogens (tertiary/aromatic N) is 1. The molecule has 0 aliphatic carbocycles. The van der Waals surface area contributed by atoms with Gasteiger partial charge in [0, 0.05) is 10.7 Å². The summed E-state index contributed by atoms with van der Waals surface area (Å²) in [4.78, 5) is 38.0. The van der Waals surface area contributed by atoms with E-state index in [0.29, 0.717) is 15.6 Å². The van der Waals surface area contributed by atoms with Crippen molar-refractivity contribution in [3.63, 3.8) is 0 Å². The summed E-state index contributed by atoms with van der Waals surface area (Å²) in [5.74, 6) is -0.912. The summed E-state index contributed by atoms with van der Waals surface area (Å²) >= 11 is 6.72. The van der Waals surface area contributed by atoms with Crippen LogP contribution in [0.3, 0.4) is 0 Å². The first-order chi connectivity index (χ1) is 12.4. The molecule has 1 aliphatic heterocycles. The number of carbonyl (C=O) groups is 3. The Morgan fingerprint density at radius 2 is 1.92 bits per heavy atom. The van der Waals surface area contributed by atoms with Crippen LogP contribution >= 0.6 is 23.4 Å². The zero-order valence-corrected chi connectivity index (χ0v) is 15.4. The number of imide groups is 1. The summed E-state index contributed by atoms with van der Waals surface area (Å²) in [5.41, 5.74) is 2.20. The Kier molecular flexibility index (Phi) is 5.44. The van der Waals surface area contributed by atoms with Crippen molar-refractivity contribution < 1.29 is 14.4 Å². The lowest BCUT2D eigenvalue weighted by Gasteiger charge is -2.13. The molecule has 2 aromatic carbocycles. The van der Waals surface area contributed by atoms with Crippen molar-refractivity contribution in [1.82, 2.24) is 4.90 Å². The molecular weight excluding hydrogens is 372 g/mol. The minimum atomic E-state index is -0.466. The van der Waals surface area contributed by atoms with Crippen LogP contribution in [0.2, 0.25) is 5.02 Å². The molecule has 132 valence electrons. The van der Waals surface area contributed by atoms with E-state index in [1.807, 2.05) is 37.3 Å². The highest BCUT2D eigenvalue weighted by Gasteiger charge is 2.36. The van der Waals surface area contributed by atoms with E-state index in [0.717, 1.165) is 27.8 Å². The maximum Gasteiger partial charge on any atom is 0.294 e. The highest BCUT2D eigenvalue weighted by Crippen LogP contribution is 2.32. The number of thioether (sulfide) groups is 1. The molecule has 0 radical (unpaired) electrons. The number of halogens is 1. The van der Waals surface area contributed by atoms with Crippen LogP contribution in [0.5, 0.6) is 0 Å². The number of hydrogen-bond acceptors (Lipinski definition) is 4. The first-order valence-corrected chi connectivity index (χ1v) is 9.00. The largest absolute Gasteiger partial charge is 0.324 e. The second-order valence-electron chi connectivity index (χ2n) is 5.69. The van der Waals surface area contributed by atoms with Gasteiger partial charge in [-0.05, 0) is 54.1 Å². The van der Waals surface area contributed by atoms with Gasteiger partial charge in [0.1, 0.15) is 6.54 Å². The molecule has 1 heterocycles. The Morgan fingerprint density at radius 3 is 2.62 bits per heavy atom. The number of amides is 3. The van der Waals surface area contributed by atoms with E-state index in [1.54, 1.807) is 24.3 Å². The maximum atomic E-state index is 12.4. The minimum Gasteiger partial charge on any atom is -0.324 e. The standard InChI is InChI=1S/C19H15ClN2O3S/c1-12-9-14(20)7-8-15(12)21-17(23)11-22-18(24)16(26-19(22)25)10-13-5-3-2-4-6-13/h2-10H,11H2,1H3,(H,21,23)/b16-10+. The van der Waals surface area contributed by atoms with Crippen molar-refractivity contribution in [2.24, 2.45) is 0 Å². The SMILES string of the molecule is Cc1cc(Cl)ccc1NC(=O)CN1C(=O)S/C(=C/c2ccccc2)C1=O. The summed E-state index contributed by atoms with van der Waals surface area (Å²) in [6.07, 6.45) is 1.64. The van der Waals surface area contributed by atoms with E-state index >= 15 is 0 Å². The summed E-state index contributed by atoms with van der Waals surface area (Å²) in [7, 11) is 0. The first-order valence-electron chi connectivity index (χ1n) is 7.80. The molecule has 0 spiro atoms.